The van der Waals surface area contributed by atoms with Gasteiger partial charge in [0.25, 0.3) is 5.91 Å². The van der Waals surface area contributed by atoms with E-state index in [-0.39, 0.29) is 24.6 Å². The molecule has 7 nitrogen and oxygen atoms in total. The highest BCUT2D eigenvalue weighted by atomic mass is 16.7. The second kappa shape index (κ2) is 8.08. The van der Waals surface area contributed by atoms with Gasteiger partial charge >= 0.3 is 0 Å². The van der Waals surface area contributed by atoms with Gasteiger partial charge in [0.2, 0.25) is 12.7 Å². The van der Waals surface area contributed by atoms with Crippen molar-refractivity contribution >= 4 is 28.4 Å². The number of benzene rings is 2. The molecule has 1 aliphatic carbocycles. The van der Waals surface area contributed by atoms with Crippen molar-refractivity contribution in [1.82, 2.24) is 9.88 Å². The van der Waals surface area contributed by atoms with Gasteiger partial charge in [0, 0.05) is 28.7 Å². The highest BCUT2D eigenvalue weighted by Gasteiger charge is 2.49. The summed E-state index contributed by atoms with van der Waals surface area (Å²) in [6.45, 7) is 2.40. The fourth-order valence-corrected chi connectivity index (χ4v) is 5.64. The molecule has 1 saturated carbocycles. The van der Waals surface area contributed by atoms with Crippen molar-refractivity contribution in [3.05, 3.63) is 54.2 Å². The van der Waals surface area contributed by atoms with Crippen LogP contribution in [0, 0.1) is 0 Å². The van der Waals surface area contributed by atoms with Gasteiger partial charge in [0.1, 0.15) is 11.2 Å². The van der Waals surface area contributed by atoms with Crippen LogP contribution in [-0.4, -0.2) is 34.8 Å². The first-order valence-electron chi connectivity index (χ1n) is 12.2. The molecule has 0 radical (unpaired) electrons. The van der Waals surface area contributed by atoms with E-state index in [1.807, 2.05) is 47.9 Å². The molecule has 3 aliphatic rings. The number of amides is 2. The highest BCUT2D eigenvalue weighted by Crippen LogP contribution is 2.41. The van der Waals surface area contributed by atoms with Gasteiger partial charge in [0.15, 0.2) is 11.5 Å². The standard InChI is InChI=1S/C27H29N3O4/c1-27(26(32)28-19-9-4-2-3-5-10-19)16-29-21-11-7-6-8-18(21)14-22(29)25(31)30(27)20-12-13-23-24(15-20)34-17-33-23/h6-8,11-15,19H,2-5,9-10,16-17H2,1H3,(H,28,32)/t27-/m0/s1. The molecule has 2 amide bonds. The lowest BCUT2D eigenvalue weighted by molar-refractivity contribution is -0.127. The van der Waals surface area contributed by atoms with Crippen LogP contribution in [0.1, 0.15) is 55.9 Å². The van der Waals surface area contributed by atoms with Gasteiger partial charge in [-0.25, -0.2) is 0 Å². The number of hydrogen-bond donors (Lipinski definition) is 1. The summed E-state index contributed by atoms with van der Waals surface area (Å²) >= 11 is 0. The van der Waals surface area contributed by atoms with E-state index in [1.165, 1.54) is 12.8 Å². The Hall–Kier alpha value is -3.48. The number of anilines is 1. The number of carbonyl (C=O) groups excluding carboxylic acids is 2. The summed E-state index contributed by atoms with van der Waals surface area (Å²) in [6, 6.07) is 15.4. The Morgan fingerprint density at radius 2 is 1.76 bits per heavy atom. The molecule has 34 heavy (non-hydrogen) atoms. The fourth-order valence-electron chi connectivity index (χ4n) is 5.64. The van der Waals surface area contributed by atoms with E-state index in [4.69, 9.17) is 9.47 Å². The molecule has 1 fully saturated rings. The second-order valence-electron chi connectivity index (χ2n) is 9.79. The number of rotatable bonds is 3. The van der Waals surface area contributed by atoms with E-state index in [9.17, 15) is 9.59 Å². The van der Waals surface area contributed by atoms with E-state index in [0.29, 0.717) is 29.4 Å². The van der Waals surface area contributed by atoms with E-state index in [0.717, 1.165) is 36.6 Å². The number of carbonyl (C=O) groups is 2. The first kappa shape index (κ1) is 21.1. The zero-order valence-electron chi connectivity index (χ0n) is 19.4. The van der Waals surface area contributed by atoms with Crippen LogP contribution in [0.25, 0.3) is 10.9 Å². The van der Waals surface area contributed by atoms with Crippen LogP contribution in [0.2, 0.25) is 0 Å². The molecule has 3 aromatic rings. The molecule has 1 aromatic heterocycles. The van der Waals surface area contributed by atoms with Crippen LogP contribution >= 0.6 is 0 Å². The van der Waals surface area contributed by atoms with Crippen molar-refractivity contribution in [2.75, 3.05) is 11.7 Å². The zero-order chi connectivity index (χ0) is 23.3. The lowest BCUT2D eigenvalue weighted by Gasteiger charge is -2.44. The van der Waals surface area contributed by atoms with Gasteiger partial charge in [-0.3, -0.25) is 14.5 Å². The molecular formula is C27H29N3O4. The van der Waals surface area contributed by atoms with Crippen molar-refractivity contribution in [3.8, 4) is 11.5 Å². The first-order chi connectivity index (χ1) is 16.5. The molecule has 0 saturated heterocycles. The summed E-state index contributed by atoms with van der Waals surface area (Å²) < 4.78 is 13.0. The van der Waals surface area contributed by atoms with E-state index < -0.39 is 5.54 Å². The summed E-state index contributed by atoms with van der Waals surface area (Å²) in [7, 11) is 0. The summed E-state index contributed by atoms with van der Waals surface area (Å²) in [6.07, 6.45) is 6.64. The summed E-state index contributed by atoms with van der Waals surface area (Å²) in [4.78, 5) is 29.6. The SMILES string of the molecule is C[C@@]1(C(=O)NC2CCCCCC2)Cn2c(cc3ccccc32)C(=O)N1c1ccc2c(c1)OCO2. The van der Waals surface area contributed by atoms with Gasteiger partial charge in [-0.2, -0.15) is 0 Å². The average molecular weight is 460 g/mol. The molecule has 6 rings (SSSR count). The predicted molar refractivity (Wildman–Crippen MR) is 129 cm³/mol. The summed E-state index contributed by atoms with van der Waals surface area (Å²) in [5, 5.41) is 4.30. The topological polar surface area (TPSA) is 72.8 Å². The smallest absolute Gasteiger partial charge is 0.275 e. The van der Waals surface area contributed by atoms with Crippen molar-refractivity contribution < 1.29 is 19.1 Å². The quantitative estimate of drug-likeness (QED) is 0.580. The van der Waals surface area contributed by atoms with Crippen molar-refractivity contribution in [3.63, 3.8) is 0 Å². The number of para-hydroxylation sites is 1. The Morgan fingerprint density at radius 1 is 1.00 bits per heavy atom. The third-order valence-electron chi connectivity index (χ3n) is 7.49. The number of fused-ring (bicyclic) bond motifs is 4. The van der Waals surface area contributed by atoms with Gasteiger partial charge in [-0.1, -0.05) is 43.9 Å². The minimum absolute atomic E-state index is 0.117. The van der Waals surface area contributed by atoms with Crippen LogP contribution in [0.15, 0.2) is 48.5 Å². The van der Waals surface area contributed by atoms with Crippen LogP contribution < -0.4 is 19.7 Å². The Labute approximate surface area is 198 Å². The van der Waals surface area contributed by atoms with Gasteiger partial charge in [-0.15, -0.1) is 0 Å². The van der Waals surface area contributed by atoms with Gasteiger partial charge in [0.05, 0.1) is 6.54 Å². The Morgan fingerprint density at radius 3 is 2.59 bits per heavy atom. The minimum atomic E-state index is -1.11. The lowest BCUT2D eigenvalue weighted by atomic mass is 9.92. The summed E-state index contributed by atoms with van der Waals surface area (Å²) in [5.41, 5.74) is 1.07. The molecule has 1 atom stereocenters. The molecule has 0 bridgehead atoms. The maximum atomic E-state index is 14.0. The molecule has 2 aromatic carbocycles. The van der Waals surface area contributed by atoms with Crippen LogP contribution in [0.3, 0.4) is 0 Å². The number of nitrogens with zero attached hydrogens (tertiary/aromatic N) is 2. The number of aromatic nitrogens is 1. The third-order valence-corrected chi connectivity index (χ3v) is 7.49. The van der Waals surface area contributed by atoms with Gasteiger partial charge in [-0.05, 0) is 44.0 Å². The fraction of sp³-hybridized carbons (Fsp3) is 0.407. The molecular weight excluding hydrogens is 430 g/mol. The molecule has 1 N–H and O–H groups in total. The summed E-state index contributed by atoms with van der Waals surface area (Å²) in [5.74, 6) is 0.920. The van der Waals surface area contributed by atoms with E-state index in [1.54, 1.807) is 17.0 Å². The normalized spacial score (nSPS) is 22.5. The zero-order valence-corrected chi connectivity index (χ0v) is 19.4. The largest absolute Gasteiger partial charge is 0.454 e. The van der Waals surface area contributed by atoms with Crippen LogP contribution in [-0.2, 0) is 11.3 Å². The molecule has 7 heteroatoms. The molecule has 3 heterocycles. The predicted octanol–water partition coefficient (Wildman–Crippen LogP) is 4.63. The van der Waals surface area contributed by atoms with Crippen molar-refractivity contribution in [1.29, 1.82) is 0 Å². The highest BCUT2D eigenvalue weighted by molar-refractivity contribution is 6.14. The Kier molecular flexibility index (Phi) is 5.01. The Bertz CT molecular complexity index is 1270. The van der Waals surface area contributed by atoms with Crippen LogP contribution in [0.4, 0.5) is 5.69 Å². The van der Waals surface area contributed by atoms with Crippen molar-refractivity contribution in [2.24, 2.45) is 0 Å². The number of ether oxygens (including phenoxy) is 2. The first-order valence-corrected chi connectivity index (χ1v) is 12.2. The number of hydrogen-bond acceptors (Lipinski definition) is 4. The number of nitrogens with one attached hydrogen (secondary N) is 1. The molecule has 0 spiro atoms. The molecule has 176 valence electrons. The Balaban J connectivity index is 1.44. The minimum Gasteiger partial charge on any atom is -0.454 e. The lowest BCUT2D eigenvalue weighted by Crippen LogP contribution is -2.65. The maximum Gasteiger partial charge on any atom is 0.275 e. The monoisotopic (exact) mass is 459 g/mol. The third kappa shape index (κ3) is 3.33. The van der Waals surface area contributed by atoms with Crippen LogP contribution in [0.5, 0.6) is 11.5 Å². The van der Waals surface area contributed by atoms with E-state index in [2.05, 4.69) is 5.32 Å². The average Bonchev–Trinajstić information content (AvgIpc) is 3.36. The molecule has 0 unspecified atom stereocenters. The van der Waals surface area contributed by atoms with Gasteiger partial charge < -0.3 is 19.4 Å². The van der Waals surface area contributed by atoms with Crippen molar-refractivity contribution in [2.45, 2.75) is 63.6 Å². The second-order valence-corrected chi connectivity index (χ2v) is 9.79. The molecule has 2 aliphatic heterocycles. The van der Waals surface area contributed by atoms with E-state index >= 15 is 0 Å². The maximum absolute atomic E-state index is 14.0.